The fraction of sp³-hybridized carbons (Fsp3) is 0.438. The quantitative estimate of drug-likeness (QED) is 0.834. The molecule has 1 aliphatic carbocycles. The van der Waals surface area contributed by atoms with Crippen molar-refractivity contribution in [1.82, 2.24) is 0 Å². The second kappa shape index (κ2) is 4.69. The number of fused-ring (bicyclic) bond motifs is 1. The van der Waals surface area contributed by atoms with Gasteiger partial charge in [0.2, 0.25) is 0 Å². The molecule has 2 aliphatic rings. The van der Waals surface area contributed by atoms with Crippen LogP contribution in [-0.4, -0.2) is 33.1 Å². The van der Waals surface area contributed by atoms with E-state index in [-0.39, 0.29) is 5.84 Å². The number of methoxy groups -OCH3 is 3. The average Bonchev–Trinajstić information content (AvgIpc) is 3.18. The van der Waals surface area contributed by atoms with Crippen molar-refractivity contribution in [3.05, 3.63) is 29.8 Å². The summed E-state index contributed by atoms with van der Waals surface area (Å²) in [7, 11) is 4.32. The summed E-state index contributed by atoms with van der Waals surface area (Å²) in [5.74, 6) is -1.44. The van der Waals surface area contributed by atoms with Crippen molar-refractivity contribution in [2.45, 2.75) is 11.8 Å². The zero-order chi connectivity index (χ0) is 16.9. The molecule has 23 heavy (non-hydrogen) atoms. The first-order valence-electron chi connectivity index (χ1n) is 6.96. The lowest BCUT2D eigenvalue weighted by Gasteiger charge is -2.29. The highest BCUT2D eigenvalue weighted by Crippen LogP contribution is 2.81. The molecule has 1 aromatic carbocycles. The van der Waals surface area contributed by atoms with Gasteiger partial charge in [-0.3, -0.25) is 0 Å². The molecule has 0 amide bonds. The van der Waals surface area contributed by atoms with Gasteiger partial charge >= 0.3 is 0 Å². The van der Waals surface area contributed by atoms with Crippen molar-refractivity contribution >= 4 is 5.84 Å². The van der Waals surface area contributed by atoms with E-state index in [1.54, 1.807) is 25.3 Å². The maximum absolute atomic E-state index is 9.92. The Balaban J connectivity index is 2.23. The molecule has 0 saturated heterocycles. The van der Waals surface area contributed by atoms with Crippen LogP contribution in [0.2, 0.25) is 0 Å². The highest BCUT2D eigenvalue weighted by molar-refractivity contribution is 6.00. The minimum Gasteiger partial charge on any atom is -0.497 e. The molecule has 0 radical (unpaired) electrons. The summed E-state index contributed by atoms with van der Waals surface area (Å²) in [6, 6.07) is 11.6. The van der Waals surface area contributed by atoms with Gasteiger partial charge in [0.25, 0.3) is 5.91 Å². The average molecular weight is 312 g/mol. The van der Waals surface area contributed by atoms with Crippen LogP contribution >= 0.6 is 0 Å². The van der Waals surface area contributed by atoms with E-state index in [1.165, 1.54) is 14.2 Å². The standard InChI is InChI=1S/C16H16N4O3/c1-21-11-6-4-5-10(7-11)12-14(8-17)13(19)20-16(22-2,23-3)15(12,14)9-18/h4-7,12H,1-3H3,(H2,19,20)/t12-,14+,15-/m1/s1. The summed E-state index contributed by atoms with van der Waals surface area (Å²) in [4.78, 5) is 4.17. The summed E-state index contributed by atoms with van der Waals surface area (Å²) in [6.07, 6.45) is 0. The number of nitriles is 2. The van der Waals surface area contributed by atoms with E-state index in [0.717, 1.165) is 5.56 Å². The Bertz CT molecular complexity index is 774. The Morgan fingerprint density at radius 3 is 2.39 bits per heavy atom. The molecule has 0 spiro atoms. The van der Waals surface area contributed by atoms with Crippen molar-refractivity contribution in [2.75, 3.05) is 21.3 Å². The lowest BCUT2D eigenvalue weighted by Crippen LogP contribution is -2.41. The van der Waals surface area contributed by atoms with Gasteiger partial charge in [0.05, 0.1) is 19.2 Å². The van der Waals surface area contributed by atoms with Gasteiger partial charge in [0.1, 0.15) is 17.0 Å². The first-order valence-corrected chi connectivity index (χ1v) is 6.96. The van der Waals surface area contributed by atoms with E-state index in [9.17, 15) is 10.5 Å². The predicted molar refractivity (Wildman–Crippen MR) is 80.2 cm³/mol. The first-order chi connectivity index (χ1) is 11.0. The fourth-order valence-corrected chi connectivity index (χ4v) is 3.84. The smallest absolute Gasteiger partial charge is 0.292 e. The zero-order valence-corrected chi connectivity index (χ0v) is 13.0. The number of nitrogens with two attached hydrogens (primary N) is 1. The maximum Gasteiger partial charge on any atom is 0.292 e. The number of hydrogen-bond acceptors (Lipinski definition) is 7. The zero-order valence-electron chi connectivity index (χ0n) is 13.0. The second-order valence-electron chi connectivity index (χ2n) is 5.54. The molecule has 1 fully saturated rings. The van der Waals surface area contributed by atoms with Crippen LogP contribution in [0.25, 0.3) is 0 Å². The van der Waals surface area contributed by atoms with Gasteiger partial charge < -0.3 is 19.9 Å². The van der Waals surface area contributed by atoms with E-state index >= 15 is 0 Å². The summed E-state index contributed by atoms with van der Waals surface area (Å²) in [5, 5.41) is 19.7. The lowest BCUT2D eigenvalue weighted by atomic mass is 9.93. The summed E-state index contributed by atoms with van der Waals surface area (Å²) in [5.41, 5.74) is 4.17. The molecule has 2 N–H and O–H groups in total. The van der Waals surface area contributed by atoms with Crippen LogP contribution in [0.1, 0.15) is 11.5 Å². The van der Waals surface area contributed by atoms with Crippen molar-refractivity contribution in [1.29, 1.82) is 10.5 Å². The minimum absolute atomic E-state index is 0.0538. The van der Waals surface area contributed by atoms with Crippen molar-refractivity contribution in [3.8, 4) is 17.9 Å². The number of aliphatic imine (C=N–C) groups is 1. The highest BCUT2D eigenvalue weighted by atomic mass is 16.7. The molecule has 0 aromatic heterocycles. The van der Waals surface area contributed by atoms with Gasteiger partial charge in [-0.15, -0.1) is 0 Å². The van der Waals surface area contributed by atoms with Crippen LogP contribution in [0, 0.1) is 33.5 Å². The van der Waals surface area contributed by atoms with Gasteiger partial charge in [-0.05, 0) is 17.7 Å². The topological polar surface area (TPSA) is 114 Å². The third-order valence-corrected chi connectivity index (χ3v) is 4.91. The van der Waals surface area contributed by atoms with Crippen LogP contribution < -0.4 is 10.5 Å². The molecule has 1 saturated carbocycles. The normalized spacial score (nSPS) is 33.1. The van der Waals surface area contributed by atoms with E-state index in [4.69, 9.17) is 19.9 Å². The molecule has 7 nitrogen and oxygen atoms in total. The number of amidine groups is 1. The summed E-state index contributed by atoms with van der Waals surface area (Å²) in [6.45, 7) is 0. The van der Waals surface area contributed by atoms with Crippen LogP contribution in [0.15, 0.2) is 29.3 Å². The predicted octanol–water partition coefficient (Wildman–Crippen LogP) is 1.13. The number of hydrogen-bond donors (Lipinski definition) is 1. The number of nitrogens with zero attached hydrogens (tertiary/aromatic N) is 3. The molecule has 118 valence electrons. The van der Waals surface area contributed by atoms with E-state index in [0.29, 0.717) is 5.75 Å². The first kappa shape index (κ1) is 15.3. The van der Waals surface area contributed by atoms with Crippen molar-refractivity contribution in [3.63, 3.8) is 0 Å². The van der Waals surface area contributed by atoms with Crippen molar-refractivity contribution < 1.29 is 14.2 Å². The fourth-order valence-electron chi connectivity index (χ4n) is 3.84. The van der Waals surface area contributed by atoms with E-state index < -0.39 is 22.7 Å². The maximum atomic E-state index is 9.92. The van der Waals surface area contributed by atoms with Crippen LogP contribution in [0.4, 0.5) is 0 Å². The molecule has 7 heteroatoms. The van der Waals surface area contributed by atoms with Crippen LogP contribution in [0.3, 0.4) is 0 Å². The molecule has 3 atom stereocenters. The van der Waals surface area contributed by atoms with Gasteiger partial charge in [-0.1, -0.05) is 12.1 Å². The van der Waals surface area contributed by atoms with Crippen molar-refractivity contribution in [2.24, 2.45) is 21.6 Å². The Morgan fingerprint density at radius 1 is 1.17 bits per heavy atom. The number of ether oxygens (including phenoxy) is 3. The SMILES string of the molecule is COc1cccc([C@H]2[C@@]3(C#N)C(OC)(OC)N=C(N)[C@]23C#N)c1. The molecule has 0 bridgehead atoms. The highest BCUT2D eigenvalue weighted by Gasteiger charge is 2.93. The Labute approximate surface area is 133 Å². The van der Waals surface area contributed by atoms with E-state index in [2.05, 4.69) is 17.1 Å². The summed E-state index contributed by atoms with van der Waals surface area (Å²) < 4.78 is 16.0. The Hall–Kier alpha value is -2.61. The monoisotopic (exact) mass is 312 g/mol. The number of benzene rings is 1. The largest absolute Gasteiger partial charge is 0.497 e. The molecule has 1 aliphatic heterocycles. The Kier molecular flexibility index (Phi) is 3.12. The molecular weight excluding hydrogens is 296 g/mol. The van der Waals surface area contributed by atoms with Crippen LogP contribution in [0.5, 0.6) is 5.75 Å². The minimum atomic E-state index is -1.60. The second-order valence-corrected chi connectivity index (χ2v) is 5.54. The van der Waals surface area contributed by atoms with Gasteiger partial charge in [0.15, 0.2) is 5.41 Å². The molecule has 0 unspecified atom stereocenters. The molecule has 1 heterocycles. The molecule has 3 rings (SSSR count). The van der Waals surface area contributed by atoms with E-state index in [1.807, 2.05) is 6.07 Å². The van der Waals surface area contributed by atoms with Gasteiger partial charge in [-0.2, -0.15) is 10.5 Å². The molecule has 1 aromatic rings. The lowest BCUT2D eigenvalue weighted by molar-refractivity contribution is -0.230. The third kappa shape index (κ3) is 1.41. The number of rotatable bonds is 4. The van der Waals surface area contributed by atoms with Gasteiger partial charge in [0, 0.05) is 20.1 Å². The summed E-state index contributed by atoms with van der Waals surface area (Å²) >= 11 is 0. The third-order valence-electron chi connectivity index (χ3n) is 4.91. The Morgan fingerprint density at radius 2 is 1.87 bits per heavy atom. The van der Waals surface area contributed by atoms with Gasteiger partial charge in [-0.25, -0.2) is 4.99 Å². The van der Waals surface area contributed by atoms with Crippen LogP contribution in [-0.2, 0) is 9.47 Å². The molecular formula is C16H16N4O3.